The summed E-state index contributed by atoms with van der Waals surface area (Å²) in [5, 5.41) is 1.06. The molecule has 23 heavy (non-hydrogen) atoms. The van der Waals surface area contributed by atoms with Crippen LogP contribution in [0.1, 0.15) is 23.2 Å². The molecule has 4 heteroatoms. The van der Waals surface area contributed by atoms with E-state index in [1.165, 1.54) is 16.8 Å². The van der Waals surface area contributed by atoms with Gasteiger partial charge in [-0.2, -0.15) is 0 Å². The van der Waals surface area contributed by atoms with Crippen molar-refractivity contribution in [3.05, 3.63) is 65.4 Å². The minimum absolute atomic E-state index is 0.159. The lowest BCUT2D eigenvalue weighted by Crippen LogP contribution is -2.17. The Hall–Kier alpha value is -2.20. The zero-order chi connectivity index (χ0) is 15.8. The van der Waals surface area contributed by atoms with Gasteiger partial charge >= 0.3 is 0 Å². The summed E-state index contributed by atoms with van der Waals surface area (Å²) in [6.07, 6.45) is 5.83. The largest absolute Gasteiger partial charge is 0.340 e. The third-order valence-corrected chi connectivity index (χ3v) is 4.72. The maximum Gasteiger partial charge on any atom is 0.123 e. The third-order valence-electron chi connectivity index (χ3n) is 4.72. The van der Waals surface area contributed by atoms with E-state index in [1.807, 2.05) is 30.6 Å². The molecule has 0 amide bonds. The van der Waals surface area contributed by atoms with E-state index in [9.17, 15) is 4.39 Å². The Bertz CT molecular complexity index is 839. The lowest BCUT2D eigenvalue weighted by Gasteiger charge is -2.12. The Kier molecular flexibility index (Phi) is 3.62. The molecule has 0 atom stereocenters. The van der Waals surface area contributed by atoms with Crippen LogP contribution in [0.15, 0.2) is 42.7 Å². The van der Waals surface area contributed by atoms with Crippen LogP contribution >= 0.6 is 0 Å². The first-order valence-electron chi connectivity index (χ1n) is 8.09. The number of nitrogens with zero attached hydrogens (tertiary/aromatic N) is 3. The molecule has 4 rings (SSSR count). The second-order valence-electron chi connectivity index (χ2n) is 6.37. The van der Waals surface area contributed by atoms with Crippen molar-refractivity contribution < 1.29 is 4.39 Å². The fraction of sp³-hybridized carbons (Fsp3) is 0.316. The SMILES string of the molecule is CN1CCCc2c(c3cc(F)ccc3n2Cc2ccncc2)C1. The highest BCUT2D eigenvalue weighted by Gasteiger charge is 2.21. The highest BCUT2D eigenvalue weighted by atomic mass is 19.1. The summed E-state index contributed by atoms with van der Waals surface area (Å²) in [6.45, 7) is 2.78. The van der Waals surface area contributed by atoms with Crippen LogP contribution in [-0.2, 0) is 19.5 Å². The van der Waals surface area contributed by atoms with Gasteiger partial charge < -0.3 is 9.47 Å². The quantitative estimate of drug-likeness (QED) is 0.721. The van der Waals surface area contributed by atoms with Crippen molar-refractivity contribution in [3.8, 4) is 0 Å². The lowest BCUT2D eigenvalue weighted by molar-refractivity contribution is 0.333. The predicted octanol–water partition coefficient (Wildman–Crippen LogP) is 3.60. The Morgan fingerprint density at radius 2 is 2.00 bits per heavy atom. The summed E-state index contributed by atoms with van der Waals surface area (Å²) in [5.41, 5.74) is 4.99. The van der Waals surface area contributed by atoms with Gasteiger partial charge in [0.1, 0.15) is 5.82 Å². The van der Waals surface area contributed by atoms with Gasteiger partial charge in [-0.25, -0.2) is 4.39 Å². The van der Waals surface area contributed by atoms with Gasteiger partial charge in [0.05, 0.1) is 0 Å². The number of rotatable bonds is 2. The Labute approximate surface area is 135 Å². The van der Waals surface area contributed by atoms with Crippen molar-refractivity contribution in [1.29, 1.82) is 0 Å². The van der Waals surface area contributed by atoms with Gasteiger partial charge in [-0.05, 0) is 67.9 Å². The predicted molar refractivity (Wildman–Crippen MR) is 89.9 cm³/mol. The summed E-state index contributed by atoms with van der Waals surface area (Å²) in [5.74, 6) is -0.159. The minimum atomic E-state index is -0.159. The van der Waals surface area contributed by atoms with E-state index < -0.39 is 0 Å². The molecule has 3 heterocycles. The van der Waals surface area contributed by atoms with Crippen molar-refractivity contribution in [2.24, 2.45) is 0 Å². The number of hydrogen-bond acceptors (Lipinski definition) is 2. The summed E-state index contributed by atoms with van der Waals surface area (Å²) >= 11 is 0. The maximum atomic E-state index is 13.8. The van der Waals surface area contributed by atoms with Crippen molar-refractivity contribution in [2.75, 3.05) is 13.6 Å². The van der Waals surface area contributed by atoms with Crippen LogP contribution < -0.4 is 0 Å². The van der Waals surface area contributed by atoms with Crippen LogP contribution in [0.2, 0.25) is 0 Å². The first kappa shape index (κ1) is 14.4. The van der Waals surface area contributed by atoms with Gasteiger partial charge in [0.15, 0.2) is 0 Å². The first-order valence-corrected chi connectivity index (χ1v) is 8.09. The molecule has 3 nitrogen and oxygen atoms in total. The van der Waals surface area contributed by atoms with Gasteiger partial charge in [0, 0.05) is 42.1 Å². The van der Waals surface area contributed by atoms with E-state index in [2.05, 4.69) is 21.5 Å². The molecule has 0 spiro atoms. The third kappa shape index (κ3) is 2.63. The molecule has 0 saturated heterocycles. The minimum Gasteiger partial charge on any atom is -0.340 e. The highest BCUT2D eigenvalue weighted by molar-refractivity contribution is 5.86. The molecule has 0 radical (unpaired) electrons. The van der Waals surface area contributed by atoms with Crippen LogP contribution in [0.25, 0.3) is 10.9 Å². The molecule has 3 aromatic rings. The molecular weight excluding hydrogens is 289 g/mol. The van der Waals surface area contributed by atoms with Crippen molar-refractivity contribution >= 4 is 10.9 Å². The zero-order valence-electron chi connectivity index (χ0n) is 13.3. The van der Waals surface area contributed by atoms with Crippen LogP contribution in [0.4, 0.5) is 4.39 Å². The average Bonchev–Trinajstić information content (AvgIpc) is 2.70. The van der Waals surface area contributed by atoms with E-state index >= 15 is 0 Å². The van der Waals surface area contributed by atoms with Gasteiger partial charge in [-0.3, -0.25) is 4.98 Å². The number of halogens is 1. The summed E-state index contributed by atoms with van der Waals surface area (Å²) in [7, 11) is 2.14. The standard InChI is InChI=1S/C19H20FN3/c1-22-10-2-3-18-17(13-22)16-11-15(20)4-5-19(16)23(18)12-14-6-8-21-9-7-14/h4-9,11H,2-3,10,12-13H2,1H3. The molecule has 118 valence electrons. The van der Waals surface area contributed by atoms with Crippen molar-refractivity contribution in [3.63, 3.8) is 0 Å². The molecule has 0 bridgehead atoms. The fourth-order valence-electron chi connectivity index (χ4n) is 3.63. The average molecular weight is 309 g/mol. The van der Waals surface area contributed by atoms with Crippen LogP contribution in [0, 0.1) is 5.82 Å². The fourth-order valence-corrected chi connectivity index (χ4v) is 3.63. The normalized spacial score (nSPS) is 15.6. The maximum absolute atomic E-state index is 13.8. The lowest BCUT2D eigenvalue weighted by atomic mass is 10.1. The molecule has 0 fully saturated rings. The van der Waals surface area contributed by atoms with Gasteiger partial charge in [0.25, 0.3) is 0 Å². The van der Waals surface area contributed by atoms with Crippen molar-refractivity contribution in [1.82, 2.24) is 14.5 Å². The smallest absolute Gasteiger partial charge is 0.123 e. The van der Waals surface area contributed by atoms with Crippen molar-refractivity contribution in [2.45, 2.75) is 25.9 Å². The van der Waals surface area contributed by atoms with Gasteiger partial charge in [0.2, 0.25) is 0 Å². The Morgan fingerprint density at radius 1 is 1.17 bits per heavy atom. The molecule has 0 unspecified atom stereocenters. The van der Waals surface area contributed by atoms with E-state index in [0.29, 0.717) is 0 Å². The Balaban J connectivity index is 1.90. The van der Waals surface area contributed by atoms with Gasteiger partial charge in [-0.15, -0.1) is 0 Å². The molecule has 1 aromatic carbocycles. The first-order chi connectivity index (χ1) is 11.2. The molecule has 1 aliphatic heterocycles. The zero-order valence-corrected chi connectivity index (χ0v) is 13.3. The highest BCUT2D eigenvalue weighted by Crippen LogP contribution is 2.31. The number of hydrogen-bond donors (Lipinski definition) is 0. The second kappa shape index (κ2) is 5.78. The number of benzene rings is 1. The molecular formula is C19H20FN3. The van der Waals surface area contributed by atoms with Crippen LogP contribution in [0.3, 0.4) is 0 Å². The summed E-state index contributed by atoms with van der Waals surface area (Å²) in [4.78, 5) is 6.42. The van der Waals surface area contributed by atoms with Gasteiger partial charge in [-0.1, -0.05) is 0 Å². The molecule has 1 aliphatic rings. The van der Waals surface area contributed by atoms with E-state index in [-0.39, 0.29) is 5.82 Å². The summed E-state index contributed by atoms with van der Waals surface area (Å²) in [6, 6.07) is 9.26. The molecule has 0 saturated carbocycles. The number of aromatic nitrogens is 2. The molecule has 0 aliphatic carbocycles. The van der Waals surface area contributed by atoms with Crippen LogP contribution in [0.5, 0.6) is 0 Å². The molecule has 0 N–H and O–H groups in total. The van der Waals surface area contributed by atoms with E-state index in [4.69, 9.17) is 0 Å². The Morgan fingerprint density at radius 3 is 2.83 bits per heavy atom. The number of fused-ring (bicyclic) bond motifs is 3. The van der Waals surface area contributed by atoms with E-state index in [1.54, 1.807) is 12.1 Å². The topological polar surface area (TPSA) is 21.1 Å². The monoisotopic (exact) mass is 309 g/mol. The van der Waals surface area contributed by atoms with E-state index in [0.717, 1.165) is 43.4 Å². The summed E-state index contributed by atoms with van der Waals surface area (Å²) < 4.78 is 16.2. The number of pyridine rings is 1. The molecule has 2 aromatic heterocycles. The second-order valence-corrected chi connectivity index (χ2v) is 6.37. The van der Waals surface area contributed by atoms with Crippen LogP contribution in [-0.4, -0.2) is 28.0 Å².